The first kappa shape index (κ1) is 13.4. The number of benzene rings is 1. The predicted octanol–water partition coefficient (Wildman–Crippen LogP) is 2.19. The van der Waals surface area contributed by atoms with Crippen molar-refractivity contribution in [2.75, 3.05) is 29.9 Å². The van der Waals surface area contributed by atoms with Gasteiger partial charge in [0, 0.05) is 11.0 Å². The highest BCUT2D eigenvalue weighted by Crippen LogP contribution is 2.33. The van der Waals surface area contributed by atoms with Gasteiger partial charge in [0.25, 0.3) is 0 Å². The van der Waals surface area contributed by atoms with Gasteiger partial charge < -0.3 is 16.0 Å². The molecule has 0 aliphatic carbocycles. The van der Waals surface area contributed by atoms with E-state index in [2.05, 4.69) is 35.1 Å². The van der Waals surface area contributed by atoms with Crippen molar-refractivity contribution in [2.24, 2.45) is 11.1 Å². The Morgan fingerprint density at radius 3 is 2.89 bits per heavy atom. The van der Waals surface area contributed by atoms with Crippen LogP contribution in [0.5, 0.6) is 0 Å². The maximum atomic E-state index is 12.0. The van der Waals surface area contributed by atoms with Gasteiger partial charge in [0.05, 0.1) is 17.9 Å². The maximum Gasteiger partial charge on any atom is 0.246 e. The molecular weight excluding hydrogens is 294 g/mol. The van der Waals surface area contributed by atoms with Crippen molar-refractivity contribution in [1.29, 1.82) is 0 Å². The summed E-state index contributed by atoms with van der Waals surface area (Å²) in [7, 11) is 0. The van der Waals surface area contributed by atoms with Crippen molar-refractivity contribution in [1.82, 2.24) is 0 Å². The van der Waals surface area contributed by atoms with E-state index in [1.165, 1.54) is 0 Å². The lowest BCUT2D eigenvalue weighted by Gasteiger charge is -2.36. The van der Waals surface area contributed by atoms with Crippen LogP contribution in [0, 0.1) is 5.41 Å². The van der Waals surface area contributed by atoms with E-state index in [0.29, 0.717) is 19.6 Å². The molecule has 1 aromatic carbocycles. The summed E-state index contributed by atoms with van der Waals surface area (Å²) in [4.78, 5) is 13.9. The number of carbonyl (C=O) groups excluding carboxylic acids is 1. The van der Waals surface area contributed by atoms with Crippen LogP contribution in [0.2, 0.25) is 0 Å². The Labute approximate surface area is 116 Å². The molecule has 1 aliphatic heterocycles. The van der Waals surface area contributed by atoms with Gasteiger partial charge in [0.1, 0.15) is 0 Å². The molecule has 0 radical (unpaired) electrons. The molecule has 1 aliphatic rings. The summed E-state index contributed by atoms with van der Waals surface area (Å²) in [6, 6.07) is 5.89. The number of halogens is 1. The van der Waals surface area contributed by atoms with Gasteiger partial charge in [-0.15, -0.1) is 0 Å². The third-order valence-electron chi connectivity index (χ3n) is 3.12. The molecule has 1 heterocycles. The zero-order chi connectivity index (χ0) is 13.3. The molecule has 0 unspecified atom stereocenters. The van der Waals surface area contributed by atoms with Crippen molar-refractivity contribution in [3.63, 3.8) is 0 Å². The number of hydrogen-bond donors (Lipinski definition) is 2. The van der Waals surface area contributed by atoms with Gasteiger partial charge in [0.15, 0.2) is 0 Å². The molecule has 0 fully saturated rings. The summed E-state index contributed by atoms with van der Waals surface area (Å²) in [6.45, 7) is 5.67. The predicted molar refractivity (Wildman–Crippen MR) is 77.8 cm³/mol. The second-order valence-corrected chi connectivity index (χ2v) is 6.28. The zero-order valence-electron chi connectivity index (χ0n) is 10.7. The van der Waals surface area contributed by atoms with E-state index in [9.17, 15) is 4.79 Å². The van der Waals surface area contributed by atoms with Gasteiger partial charge in [-0.3, -0.25) is 4.79 Å². The number of anilines is 2. The molecule has 5 heteroatoms. The minimum atomic E-state index is -0.0860. The lowest BCUT2D eigenvalue weighted by atomic mass is 9.92. The lowest BCUT2D eigenvalue weighted by molar-refractivity contribution is -0.117. The van der Waals surface area contributed by atoms with Crippen LogP contribution in [0.15, 0.2) is 22.7 Å². The van der Waals surface area contributed by atoms with Crippen LogP contribution in [0.3, 0.4) is 0 Å². The van der Waals surface area contributed by atoms with Crippen LogP contribution < -0.4 is 16.0 Å². The number of nitrogens with one attached hydrogen (secondary N) is 1. The highest BCUT2D eigenvalue weighted by Gasteiger charge is 2.29. The summed E-state index contributed by atoms with van der Waals surface area (Å²) in [6.07, 6.45) is 0. The standard InChI is InChI=1S/C13H18BrN3O/c1-13(2,7-15)8-17-11-4-3-9(14)5-10(11)16-6-12(17)18/h3-5,16H,6-8,15H2,1-2H3. The van der Waals surface area contributed by atoms with Crippen LogP contribution in [0.25, 0.3) is 0 Å². The molecule has 18 heavy (non-hydrogen) atoms. The van der Waals surface area contributed by atoms with Crippen molar-refractivity contribution in [2.45, 2.75) is 13.8 Å². The van der Waals surface area contributed by atoms with Gasteiger partial charge >= 0.3 is 0 Å². The fourth-order valence-electron chi connectivity index (χ4n) is 1.95. The molecule has 0 bridgehead atoms. The highest BCUT2D eigenvalue weighted by atomic mass is 79.9. The number of amides is 1. The van der Waals surface area contributed by atoms with E-state index in [0.717, 1.165) is 15.8 Å². The normalized spacial score (nSPS) is 15.3. The third-order valence-corrected chi connectivity index (χ3v) is 3.61. The van der Waals surface area contributed by atoms with E-state index in [1.807, 2.05) is 23.1 Å². The highest BCUT2D eigenvalue weighted by molar-refractivity contribution is 9.10. The van der Waals surface area contributed by atoms with E-state index < -0.39 is 0 Å². The molecule has 3 N–H and O–H groups in total. The smallest absolute Gasteiger partial charge is 0.246 e. The summed E-state index contributed by atoms with van der Waals surface area (Å²) in [5, 5.41) is 3.13. The Bertz CT molecular complexity index is 473. The van der Waals surface area contributed by atoms with Gasteiger partial charge in [-0.25, -0.2) is 0 Å². The van der Waals surface area contributed by atoms with E-state index in [1.54, 1.807) is 0 Å². The first-order valence-corrected chi connectivity index (χ1v) is 6.76. The molecule has 0 saturated carbocycles. The van der Waals surface area contributed by atoms with Crippen LogP contribution >= 0.6 is 15.9 Å². The molecule has 4 nitrogen and oxygen atoms in total. The average molecular weight is 312 g/mol. The molecule has 0 atom stereocenters. The Morgan fingerprint density at radius 1 is 1.50 bits per heavy atom. The maximum absolute atomic E-state index is 12.0. The van der Waals surface area contributed by atoms with Gasteiger partial charge in [-0.1, -0.05) is 29.8 Å². The summed E-state index contributed by atoms with van der Waals surface area (Å²) in [5.74, 6) is 0.0892. The molecule has 0 saturated heterocycles. The quantitative estimate of drug-likeness (QED) is 0.899. The number of fused-ring (bicyclic) bond motifs is 1. The fraction of sp³-hybridized carbons (Fsp3) is 0.462. The largest absolute Gasteiger partial charge is 0.374 e. The molecule has 0 aromatic heterocycles. The number of hydrogen-bond acceptors (Lipinski definition) is 3. The molecule has 1 aromatic rings. The van der Waals surface area contributed by atoms with Crippen LogP contribution in [-0.4, -0.2) is 25.5 Å². The Morgan fingerprint density at radius 2 is 2.22 bits per heavy atom. The van der Waals surface area contributed by atoms with Crippen LogP contribution in [0.4, 0.5) is 11.4 Å². The lowest BCUT2D eigenvalue weighted by Crippen LogP contribution is -2.46. The topological polar surface area (TPSA) is 58.4 Å². The Kier molecular flexibility index (Phi) is 3.64. The number of rotatable bonds is 3. The van der Waals surface area contributed by atoms with E-state index in [4.69, 9.17) is 5.73 Å². The second-order valence-electron chi connectivity index (χ2n) is 5.36. The molecular formula is C13H18BrN3O. The number of nitrogens with zero attached hydrogens (tertiary/aromatic N) is 1. The van der Waals surface area contributed by atoms with Gasteiger partial charge in [-0.2, -0.15) is 0 Å². The van der Waals surface area contributed by atoms with E-state index in [-0.39, 0.29) is 11.3 Å². The van der Waals surface area contributed by atoms with Crippen LogP contribution in [0.1, 0.15) is 13.8 Å². The van der Waals surface area contributed by atoms with Crippen LogP contribution in [-0.2, 0) is 4.79 Å². The van der Waals surface area contributed by atoms with E-state index >= 15 is 0 Å². The number of carbonyl (C=O) groups is 1. The zero-order valence-corrected chi connectivity index (χ0v) is 12.3. The SMILES string of the molecule is CC(C)(CN)CN1C(=O)CNc2cc(Br)ccc21. The molecule has 1 amide bonds. The van der Waals surface area contributed by atoms with Crippen molar-refractivity contribution >= 4 is 33.2 Å². The Hall–Kier alpha value is -1.07. The molecule has 98 valence electrons. The average Bonchev–Trinajstić information content (AvgIpc) is 2.33. The van der Waals surface area contributed by atoms with Gasteiger partial charge in [0.2, 0.25) is 5.91 Å². The second kappa shape index (κ2) is 4.90. The Balaban J connectivity index is 2.34. The van der Waals surface area contributed by atoms with Gasteiger partial charge in [-0.05, 0) is 30.2 Å². The first-order valence-electron chi connectivity index (χ1n) is 5.97. The monoisotopic (exact) mass is 311 g/mol. The summed E-state index contributed by atoms with van der Waals surface area (Å²) in [5.41, 5.74) is 7.58. The molecule has 2 rings (SSSR count). The summed E-state index contributed by atoms with van der Waals surface area (Å²) >= 11 is 3.44. The van der Waals surface area contributed by atoms with Crippen molar-refractivity contribution < 1.29 is 4.79 Å². The van der Waals surface area contributed by atoms with Crippen molar-refractivity contribution in [3.8, 4) is 0 Å². The third kappa shape index (κ3) is 2.67. The minimum absolute atomic E-state index is 0.0860. The van der Waals surface area contributed by atoms with Crippen molar-refractivity contribution in [3.05, 3.63) is 22.7 Å². The first-order chi connectivity index (χ1) is 8.43. The minimum Gasteiger partial charge on any atom is -0.374 e. The summed E-state index contributed by atoms with van der Waals surface area (Å²) < 4.78 is 1.00. The molecule has 0 spiro atoms. The number of nitrogens with two attached hydrogens (primary N) is 1. The fourth-order valence-corrected chi connectivity index (χ4v) is 2.31.